The highest BCUT2D eigenvalue weighted by atomic mass is 35.5. The molecule has 1 aliphatic rings. The Morgan fingerprint density at radius 1 is 1.25 bits per heavy atom. The number of hydrogen-bond acceptors (Lipinski definition) is 5. The summed E-state index contributed by atoms with van der Waals surface area (Å²) in [6, 6.07) is 3.87. The predicted octanol–water partition coefficient (Wildman–Crippen LogP) is 3.35. The van der Waals surface area contributed by atoms with Gasteiger partial charge >= 0.3 is 0 Å². The third kappa shape index (κ3) is 3.35. The van der Waals surface area contributed by atoms with Crippen LogP contribution in [0.5, 0.6) is 0 Å². The number of halogens is 1. The van der Waals surface area contributed by atoms with Gasteiger partial charge in [-0.25, -0.2) is 20.4 Å². The Hall–Kier alpha value is -1.01. The third-order valence-electron chi connectivity index (χ3n) is 3.39. The maximum Gasteiger partial charge on any atom is 0.137 e. The largest absolute Gasteiger partial charge is 0.248 e. The molecule has 0 radical (unpaired) electrons. The van der Waals surface area contributed by atoms with Gasteiger partial charge in [-0.15, -0.1) is 11.3 Å². The molecule has 2 aromatic heterocycles. The standard InChI is InChI=1S/C14H17ClN4S/c15-14-11(5-4-6-16-14)12-9-17-13(20-12)10-18-19-7-2-1-3-8-19/h4-6,9,18H,1-3,7-8,10H2. The maximum atomic E-state index is 6.11. The highest BCUT2D eigenvalue weighted by Gasteiger charge is 2.11. The van der Waals surface area contributed by atoms with E-state index in [1.54, 1.807) is 17.5 Å². The van der Waals surface area contributed by atoms with Gasteiger partial charge < -0.3 is 0 Å². The first-order valence-electron chi connectivity index (χ1n) is 6.87. The van der Waals surface area contributed by atoms with Crippen LogP contribution in [0, 0.1) is 0 Å². The highest BCUT2D eigenvalue weighted by molar-refractivity contribution is 7.15. The Labute approximate surface area is 127 Å². The van der Waals surface area contributed by atoms with Crippen LogP contribution in [0.1, 0.15) is 24.3 Å². The van der Waals surface area contributed by atoms with Crippen molar-refractivity contribution in [3.05, 3.63) is 34.7 Å². The minimum absolute atomic E-state index is 0.534. The molecule has 0 amide bonds. The first-order valence-corrected chi connectivity index (χ1v) is 8.06. The molecule has 106 valence electrons. The van der Waals surface area contributed by atoms with E-state index in [4.69, 9.17) is 11.6 Å². The van der Waals surface area contributed by atoms with Gasteiger partial charge in [-0.2, -0.15) is 0 Å². The molecule has 0 bridgehead atoms. The molecule has 2 aromatic rings. The molecule has 20 heavy (non-hydrogen) atoms. The van der Waals surface area contributed by atoms with E-state index in [-0.39, 0.29) is 0 Å². The zero-order chi connectivity index (χ0) is 13.8. The minimum atomic E-state index is 0.534. The van der Waals surface area contributed by atoms with Gasteiger partial charge in [0.05, 0.1) is 11.4 Å². The maximum absolute atomic E-state index is 6.11. The fourth-order valence-corrected chi connectivity index (χ4v) is 3.47. The van der Waals surface area contributed by atoms with Crippen LogP contribution in [-0.4, -0.2) is 28.1 Å². The van der Waals surface area contributed by atoms with Crippen molar-refractivity contribution in [3.63, 3.8) is 0 Å². The Kier molecular flexibility index (Phi) is 4.62. The summed E-state index contributed by atoms with van der Waals surface area (Å²) in [5, 5.41) is 3.90. The predicted molar refractivity (Wildman–Crippen MR) is 82.6 cm³/mol. The second-order valence-corrected chi connectivity index (χ2v) is 6.32. The van der Waals surface area contributed by atoms with E-state index in [2.05, 4.69) is 20.4 Å². The van der Waals surface area contributed by atoms with Crippen LogP contribution in [0.15, 0.2) is 24.5 Å². The molecule has 0 spiro atoms. The van der Waals surface area contributed by atoms with Crippen LogP contribution in [0.4, 0.5) is 0 Å². The molecule has 6 heteroatoms. The van der Waals surface area contributed by atoms with Crippen molar-refractivity contribution in [2.24, 2.45) is 0 Å². The molecule has 1 aliphatic heterocycles. The summed E-state index contributed by atoms with van der Waals surface area (Å²) < 4.78 is 0. The lowest BCUT2D eigenvalue weighted by molar-refractivity contribution is 0.151. The van der Waals surface area contributed by atoms with Crippen molar-refractivity contribution >= 4 is 22.9 Å². The fourth-order valence-electron chi connectivity index (χ4n) is 2.32. The molecule has 3 rings (SSSR count). The monoisotopic (exact) mass is 308 g/mol. The van der Waals surface area contributed by atoms with Gasteiger partial charge in [0.2, 0.25) is 0 Å². The normalized spacial score (nSPS) is 16.4. The van der Waals surface area contributed by atoms with Crippen LogP contribution in [0.25, 0.3) is 10.4 Å². The number of nitrogens with one attached hydrogen (secondary N) is 1. The lowest BCUT2D eigenvalue weighted by Crippen LogP contribution is -2.41. The van der Waals surface area contributed by atoms with Crippen LogP contribution in [0.2, 0.25) is 5.15 Å². The summed E-state index contributed by atoms with van der Waals surface area (Å²) >= 11 is 7.77. The molecule has 1 saturated heterocycles. The van der Waals surface area contributed by atoms with Crippen molar-refractivity contribution in [2.75, 3.05) is 13.1 Å². The van der Waals surface area contributed by atoms with Crippen molar-refractivity contribution in [1.82, 2.24) is 20.4 Å². The summed E-state index contributed by atoms with van der Waals surface area (Å²) in [4.78, 5) is 9.63. The van der Waals surface area contributed by atoms with Crippen LogP contribution < -0.4 is 5.43 Å². The average molecular weight is 309 g/mol. The van der Waals surface area contributed by atoms with Crippen molar-refractivity contribution in [2.45, 2.75) is 25.8 Å². The van der Waals surface area contributed by atoms with Gasteiger partial charge in [0, 0.05) is 31.0 Å². The zero-order valence-corrected chi connectivity index (χ0v) is 12.8. The molecular weight excluding hydrogens is 292 g/mol. The second-order valence-electron chi connectivity index (χ2n) is 4.84. The van der Waals surface area contributed by atoms with Crippen LogP contribution in [0.3, 0.4) is 0 Å². The number of pyridine rings is 1. The topological polar surface area (TPSA) is 41.1 Å². The summed E-state index contributed by atoms with van der Waals surface area (Å²) in [6.07, 6.45) is 7.48. The molecule has 0 unspecified atom stereocenters. The second kappa shape index (κ2) is 6.63. The number of hydrogen-bond donors (Lipinski definition) is 1. The lowest BCUT2D eigenvalue weighted by atomic mass is 10.2. The summed E-state index contributed by atoms with van der Waals surface area (Å²) in [7, 11) is 0. The van der Waals surface area contributed by atoms with Gasteiger partial charge in [0.15, 0.2) is 0 Å². The third-order valence-corrected chi connectivity index (χ3v) is 4.72. The fraction of sp³-hybridized carbons (Fsp3) is 0.429. The number of hydrazine groups is 1. The SMILES string of the molecule is Clc1ncccc1-c1cnc(CNN2CCCCC2)s1. The highest BCUT2D eigenvalue weighted by Crippen LogP contribution is 2.30. The van der Waals surface area contributed by atoms with E-state index in [0.29, 0.717) is 5.15 Å². The van der Waals surface area contributed by atoms with Crippen LogP contribution in [-0.2, 0) is 6.54 Å². The summed E-state index contributed by atoms with van der Waals surface area (Å²) in [6.45, 7) is 3.04. The molecule has 3 heterocycles. The summed E-state index contributed by atoms with van der Waals surface area (Å²) in [5.41, 5.74) is 4.40. The molecule has 0 saturated carbocycles. The first-order chi connectivity index (χ1) is 9.83. The minimum Gasteiger partial charge on any atom is -0.248 e. The van der Waals surface area contributed by atoms with E-state index >= 15 is 0 Å². The Morgan fingerprint density at radius 2 is 2.10 bits per heavy atom. The zero-order valence-electron chi connectivity index (χ0n) is 11.2. The van der Waals surface area contributed by atoms with Gasteiger partial charge in [-0.05, 0) is 25.0 Å². The lowest BCUT2D eigenvalue weighted by Gasteiger charge is -2.26. The molecule has 0 aromatic carbocycles. The molecule has 0 atom stereocenters. The van der Waals surface area contributed by atoms with E-state index in [1.165, 1.54) is 19.3 Å². The first kappa shape index (κ1) is 13.9. The molecule has 1 fully saturated rings. The van der Waals surface area contributed by atoms with E-state index < -0.39 is 0 Å². The smallest absolute Gasteiger partial charge is 0.137 e. The molecule has 1 N–H and O–H groups in total. The van der Waals surface area contributed by atoms with Gasteiger partial charge in [0.1, 0.15) is 10.2 Å². The van der Waals surface area contributed by atoms with Gasteiger partial charge in [0.25, 0.3) is 0 Å². The van der Waals surface area contributed by atoms with Crippen molar-refractivity contribution in [1.29, 1.82) is 0 Å². The Balaban J connectivity index is 1.63. The number of rotatable bonds is 4. The molecule has 0 aliphatic carbocycles. The van der Waals surface area contributed by atoms with Crippen LogP contribution >= 0.6 is 22.9 Å². The Morgan fingerprint density at radius 3 is 2.90 bits per heavy atom. The molecule has 4 nitrogen and oxygen atoms in total. The number of piperidine rings is 1. The quantitative estimate of drug-likeness (QED) is 0.880. The summed E-state index contributed by atoms with van der Waals surface area (Å²) in [5.74, 6) is 0. The van der Waals surface area contributed by atoms with E-state index in [0.717, 1.165) is 35.1 Å². The van der Waals surface area contributed by atoms with E-state index in [9.17, 15) is 0 Å². The molecular formula is C14H17ClN4S. The van der Waals surface area contributed by atoms with Crippen molar-refractivity contribution < 1.29 is 0 Å². The number of nitrogens with zero attached hydrogens (tertiary/aromatic N) is 3. The van der Waals surface area contributed by atoms with Gasteiger partial charge in [-0.1, -0.05) is 18.0 Å². The average Bonchev–Trinajstić information content (AvgIpc) is 2.95. The number of aromatic nitrogens is 2. The van der Waals surface area contributed by atoms with E-state index in [1.807, 2.05) is 18.3 Å². The number of thiazole rings is 1. The van der Waals surface area contributed by atoms with Gasteiger partial charge in [-0.3, -0.25) is 0 Å². The Bertz CT molecular complexity index is 566. The van der Waals surface area contributed by atoms with Crippen molar-refractivity contribution in [3.8, 4) is 10.4 Å².